The van der Waals surface area contributed by atoms with Crippen LogP contribution in [0, 0.1) is 0 Å². The fraction of sp³-hybridized carbons (Fsp3) is 0.692. The minimum atomic E-state index is 0.0519. The van der Waals surface area contributed by atoms with Crippen molar-refractivity contribution in [3.8, 4) is 0 Å². The number of aromatic nitrogens is 2. The lowest BCUT2D eigenvalue weighted by molar-refractivity contribution is 0.305. The van der Waals surface area contributed by atoms with Gasteiger partial charge in [0, 0.05) is 25.1 Å². The van der Waals surface area contributed by atoms with Gasteiger partial charge in [-0.25, -0.2) is 4.98 Å². The first-order valence-corrected chi connectivity index (χ1v) is 6.78. The molecule has 2 rings (SSSR count). The van der Waals surface area contributed by atoms with Crippen molar-refractivity contribution in [2.75, 3.05) is 26.2 Å². The average Bonchev–Trinajstić information content (AvgIpc) is 2.40. The average molecular weight is 250 g/mol. The van der Waals surface area contributed by atoms with E-state index in [0.717, 1.165) is 62.6 Å². The molecule has 0 amide bonds. The van der Waals surface area contributed by atoms with Crippen molar-refractivity contribution in [1.82, 2.24) is 20.2 Å². The summed E-state index contributed by atoms with van der Waals surface area (Å²) in [4.78, 5) is 21.8. The molecule has 0 atom stereocenters. The van der Waals surface area contributed by atoms with Crippen LogP contribution >= 0.6 is 0 Å². The van der Waals surface area contributed by atoms with Crippen molar-refractivity contribution in [3.63, 3.8) is 0 Å². The van der Waals surface area contributed by atoms with Crippen molar-refractivity contribution in [3.05, 3.63) is 27.4 Å². The van der Waals surface area contributed by atoms with E-state index >= 15 is 0 Å². The van der Waals surface area contributed by atoms with E-state index in [-0.39, 0.29) is 5.56 Å². The molecule has 5 heteroatoms. The zero-order valence-corrected chi connectivity index (χ0v) is 11.3. The van der Waals surface area contributed by atoms with Crippen LogP contribution in [-0.4, -0.2) is 41.0 Å². The van der Waals surface area contributed by atoms with E-state index in [1.807, 2.05) is 0 Å². The van der Waals surface area contributed by atoms with Gasteiger partial charge in [-0.05, 0) is 26.1 Å². The van der Waals surface area contributed by atoms with Gasteiger partial charge in [-0.1, -0.05) is 13.8 Å². The molecule has 0 radical (unpaired) electrons. The Morgan fingerprint density at radius 3 is 2.83 bits per heavy atom. The van der Waals surface area contributed by atoms with Crippen LogP contribution in [0.5, 0.6) is 0 Å². The first kappa shape index (κ1) is 13.2. The summed E-state index contributed by atoms with van der Waals surface area (Å²) >= 11 is 0. The van der Waals surface area contributed by atoms with Crippen molar-refractivity contribution >= 4 is 0 Å². The molecule has 1 aromatic heterocycles. The molecule has 1 aliphatic rings. The zero-order valence-electron chi connectivity index (χ0n) is 11.3. The van der Waals surface area contributed by atoms with E-state index in [1.165, 1.54) is 0 Å². The van der Waals surface area contributed by atoms with Crippen LogP contribution in [0.3, 0.4) is 0 Å². The molecule has 0 spiro atoms. The number of nitrogens with zero attached hydrogens (tertiary/aromatic N) is 2. The normalized spacial score (nSPS) is 14.8. The molecule has 0 bridgehead atoms. The first-order chi connectivity index (χ1) is 8.74. The molecule has 1 aromatic rings. The Labute approximate surface area is 108 Å². The molecule has 0 fully saturated rings. The Morgan fingerprint density at radius 1 is 1.33 bits per heavy atom. The maximum atomic E-state index is 11.9. The molecule has 100 valence electrons. The predicted molar refractivity (Wildman–Crippen MR) is 71.8 cm³/mol. The largest absolute Gasteiger partial charge is 0.311 e. The van der Waals surface area contributed by atoms with Crippen molar-refractivity contribution in [2.24, 2.45) is 0 Å². The molecule has 0 saturated carbocycles. The monoisotopic (exact) mass is 250 g/mol. The standard InChI is InChI=1S/C13H22N4O/c1-3-17(4-2)8-6-12-15-11-9-14-7-5-10(11)13(18)16-12/h14H,3-9H2,1-2H3,(H,15,16,18). The number of fused-ring (bicyclic) bond motifs is 1. The van der Waals surface area contributed by atoms with Crippen molar-refractivity contribution in [1.29, 1.82) is 0 Å². The van der Waals surface area contributed by atoms with Crippen LogP contribution < -0.4 is 10.9 Å². The number of hydrogen-bond donors (Lipinski definition) is 2. The van der Waals surface area contributed by atoms with Crippen molar-refractivity contribution < 1.29 is 0 Å². The van der Waals surface area contributed by atoms with Crippen LogP contribution in [0.15, 0.2) is 4.79 Å². The fourth-order valence-electron chi connectivity index (χ4n) is 2.34. The van der Waals surface area contributed by atoms with Gasteiger partial charge in [0.25, 0.3) is 5.56 Å². The Kier molecular flexibility index (Phi) is 4.49. The molecule has 0 unspecified atom stereocenters. The molecule has 2 N–H and O–H groups in total. The van der Waals surface area contributed by atoms with Gasteiger partial charge in [-0.3, -0.25) is 4.79 Å². The summed E-state index contributed by atoms with van der Waals surface area (Å²) < 4.78 is 0. The second kappa shape index (κ2) is 6.11. The van der Waals surface area contributed by atoms with Crippen LogP contribution in [-0.2, 0) is 19.4 Å². The molecule has 18 heavy (non-hydrogen) atoms. The molecule has 5 nitrogen and oxygen atoms in total. The number of aromatic amines is 1. The molecule has 1 aliphatic heterocycles. The number of hydrogen-bond acceptors (Lipinski definition) is 4. The van der Waals surface area contributed by atoms with E-state index in [4.69, 9.17) is 0 Å². The second-order valence-corrected chi connectivity index (χ2v) is 4.64. The highest BCUT2D eigenvalue weighted by atomic mass is 16.1. The number of nitrogens with one attached hydrogen (secondary N) is 2. The van der Waals surface area contributed by atoms with E-state index < -0.39 is 0 Å². The van der Waals surface area contributed by atoms with Gasteiger partial charge in [-0.2, -0.15) is 0 Å². The Balaban J connectivity index is 2.10. The topological polar surface area (TPSA) is 61.0 Å². The lowest BCUT2D eigenvalue weighted by atomic mass is 10.1. The summed E-state index contributed by atoms with van der Waals surface area (Å²) in [6.07, 6.45) is 1.60. The summed E-state index contributed by atoms with van der Waals surface area (Å²) in [5.74, 6) is 0.814. The van der Waals surface area contributed by atoms with Gasteiger partial charge < -0.3 is 15.2 Å². The third-order valence-corrected chi connectivity index (χ3v) is 3.55. The number of rotatable bonds is 5. The van der Waals surface area contributed by atoms with Gasteiger partial charge in [-0.15, -0.1) is 0 Å². The number of likely N-dealkylation sites (N-methyl/N-ethyl adjacent to an activating group) is 1. The highest BCUT2D eigenvalue weighted by Gasteiger charge is 2.15. The van der Waals surface area contributed by atoms with Gasteiger partial charge >= 0.3 is 0 Å². The van der Waals surface area contributed by atoms with Crippen LogP contribution in [0.4, 0.5) is 0 Å². The SMILES string of the molecule is CCN(CC)CCc1nc2c(c(=O)[nH]1)CCNC2. The Hall–Kier alpha value is -1.20. The summed E-state index contributed by atoms with van der Waals surface area (Å²) in [5, 5.41) is 3.26. The molecular weight excluding hydrogens is 228 g/mol. The lowest BCUT2D eigenvalue weighted by Crippen LogP contribution is -2.33. The van der Waals surface area contributed by atoms with Gasteiger partial charge in [0.05, 0.1) is 5.69 Å². The molecule has 0 aliphatic carbocycles. The third-order valence-electron chi connectivity index (χ3n) is 3.55. The maximum Gasteiger partial charge on any atom is 0.254 e. The Bertz CT molecular complexity index is 451. The van der Waals surface area contributed by atoms with Crippen LogP contribution in [0.2, 0.25) is 0 Å². The summed E-state index contributed by atoms with van der Waals surface area (Å²) in [7, 11) is 0. The van der Waals surface area contributed by atoms with Crippen LogP contribution in [0.1, 0.15) is 30.9 Å². The molecule has 0 saturated heterocycles. The van der Waals surface area contributed by atoms with E-state index in [9.17, 15) is 4.79 Å². The van der Waals surface area contributed by atoms with E-state index in [2.05, 4.69) is 34.0 Å². The quantitative estimate of drug-likeness (QED) is 0.789. The van der Waals surface area contributed by atoms with Crippen LogP contribution in [0.25, 0.3) is 0 Å². The van der Waals surface area contributed by atoms with E-state index in [0.29, 0.717) is 0 Å². The van der Waals surface area contributed by atoms with Gasteiger partial charge in [0.15, 0.2) is 0 Å². The summed E-state index contributed by atoms with van der Waals surface area (Å²) in [5.41, 5.74) is 1.84. The maximum absolute atomic E-state index is 11.9. The highest BCUT2D eigenvalue weighted by Crippen LogP contribution is 2.06. The summed E-state index contributed by atoms with van der Waals surface area (Å²) in [6.45, 7) is 8.91. The smallest absolute Gasteiger partial charge is 0.254 e. The molecular formula is C13H22N4O. The van der Waals surface area contributed by atoms with E-state index in [1.54, 1.807) is 0 Å². The summed E-state index contributed by atoms with van der Waals surface area (Å²) in [6, 6.07) is 0. The van der Waals surface area contributed by atoms with Gasteiger partial charge in [0.1, 0.15) is 5.82 Å². The minimum Gasteiger partial charge on any atom is -0.311 e. The first-order valence-electron chi connectivity index (χ1n) is 6.78. The number of H-pyrrole nitrogens is 1. The molecule has 0 aromatic carbocycles. The predicted octanol–water partition coefficient (Wildman–Crippen LogP) is 0.300. The van der Waals surface area contributed by atoms with Crippen molar-refractivity contribution in [2.45, 2.75) is 33.2 Å². The highest BCUT2D eigenvalue weighted by molar-refractivity contribution is 5.20. The third kappa shape index (κ3) is 2.97. The molecule has 2 heterocycles. The fourth-order valence-corrected chi connectivity index (χ4v) is 2.34. The zero-order chi connectivity index (χ0) is 13.0. The Morgan fingerprint density at radius 2 is 2.11 bits per heavy atom. The minimum absolute atomic E-state index is 0.0519. The van der Waals surface area contributed by atoms with Gasteiger partial charge in [0.2, 0.25) is 0 Å². The second-order valence-electron chi connectivity index (χ2n) is 4.64. The lowest BCUT2D eigenvalue weighted by Gasteiger charge is -2.19.